The van der Waals surface area contributed by atoms with Crippen molar-refractivity contribution < 1.29 is 9.84 Å². The highest BCUT2D eigenvalue weighted by molar-refractivity contribution is 5.41. The summed E-state index contributed by atoms with van der Waals surface area (Å²) in [5, 5.41) is 9.28. The van der Waals surface area contributed by atoms with Crippen molar-refractivity contribution in [2.24, 2.45) is 11.7 Å². The standard InChI is InChI=1S/C17H29NO2/c1-5-8-20-16-7-6-13(9-14(11-18)12-19)10-15(16)17(2,3)4/h6-7,10,14,19H,5,8-9,11-12,18H2,1-4H3. The summed E-state index contributed by atoms with van der Waals surface area (Å²) >= 11 is 0. The van der Waals surface area contributed by atoms with Crippen LogP contribution in [0.5, 0.6) is 5.75 Å². The minimum Gasteiger partial charge on any atom is -0.493 e. The topological polar surface area (TPSA) is 55.5 Å². The molecule has 0 amide bonds. The zero-order valence-corrected chi connectivity index (χ0v) is 13.3. The highest BCUT2D eigenvalue weighted by Crippen LogP contribution is 2.32. The fourth-order valence-electron chi connectivity index (χ4n) is 2.18. The molecule has 0 saturated carbocycles. The lowest BCUT2D eigenvalue weighted by molar-refractivity contribution is 0.229. The molecule has 3 heteroatoms. The summed E-state index contributed by atoms with van der Waals surface area (Å²) in [4.78, 5) is 0. The molecule has 20 heavy (non-hydrogen) atoms. The minimum absolute atomic E-state index is 0.0382. The van der Waals surface area contributed by atoms with Crippen molar-refractivity contribution in [1.29, 1.82) is 0 Å². The van der Waals surface area contributed by atoms with Crippen LogP contribution in [0.15, 0.2) is 18.2 Å². The van der Waals surface area contributed by atoms with Gasteiger partial charge in [0.1, 0.15) is 5.75 Å². The van der Waals surface area contributed by atoms with Gasteiger partial charge < -0.3 is 15.6 Å². The SMILES string of the molecule is CCCOc1ccc(CC(CN)CO)cc1C(C)(C)C. The van der Waals surface area contributed by atoms with E-state index in [1.165, 1.54) is 11.1 Å². The molecule has 0 heterocycles. The van der Waals surface area contributed by atoms with Gasteiger partial charge in [0.2, 0.25) is 0 Å². The molecule has 0 aromatic heterocycles. The lowest BCUT2D eigenvalue weighted by atomic mass is 9.84. The summed E-state index contributed by atoms with van der Waals surface area (Å²) in [6.07, 6.45) is 1.81. The third-order valence-electron chi connectivity index (χ3n) is 3.43. The van der Waals surface area contributed by atoms with Gasteiger partial charge in [-0.05, 0) is 47.9 Å². The molecule has 0 bridgehead atoms. The number of nitrogens with two attached hydrogens (primary N) is 1. The van der Waals surface area contributed by atoms with Crippen LogP contribution >= 0.6 is 0 Å². The molecule has 0 fully saturated rings. The maximum atomic E-state index is 9.28. The predicted octanol–water partition coefficient (Wildman–Crippen LogP) is 2.88. The van der Waals surface area contributed by atoms with Gasteiger partial charge in [0.05, 0.1) is 6.61 Å². The number of hydrogen-bond donors (Lipinski definition) is 2. The quantitative estimate of drug-likeness (QED) is 0.807. The first-order chi connectivity index (χ1) is 9.42. The van der Waals surface area contributed by atoms with E-state index in [0.29, 0.717) is 6.54 Å². The molecule has 1 aromatic carbocycles. The van der Waals surface area contributed by atoms with Crippen molar-refractivity contribution in [3.63, 3.8) is 0 Å². The second-order valence-corrected chi connectivity index (χ2v) is 6.42. The lowest BCUT2D eigenvalue weighted by Gasteiger charge is -2.24. The molecule has 0 spiro atoms. The van der Waals surface area contributed by atoms with Crippen LogP contribution in [0.3, 0.4) is 0 Å². The molecule has 0 aliphatic carbocycles. The molecule has 3 nitrogen and oxygen atoms in total. The molecule has 0 saturated heterocycles. The Morgan fingerprint density at radius 3 is 2.50 bits per heavy atom. The van der Waals surface area contributed by atoms with Gasteiger partial charge in [0, 0.05) is 6.61 Å². The minimum atomic E-state index is 0.0382. The van der Waals surface area contributed by atoms with Crippen LogP contribution in [0.4, 0.5) is 0 Å². The average Bonchev–Trinajstić information content (AvgIpc) is 2.42. The average molecular weight is 279 g/mol. The number of rotatable bonds is 7. The molecule has 1 rings (SSSR count). The molecule has 114 valence electrons. The van der Waals surface area contributed by atoms with Gasteiger partial charge in [-0.1, -0.05) is 39.8 Å². The molecule has 0 aliphatic rings. The molecular weight excluding hydrogens is 250 g/mol. The van der Waals surface area contributed by atoms with Crippen molar-refractivity contribution in [2.75, 3.05) is 19.8 Å². The number of ether oxygens (including phenoxy) is 1. The smallest absolute Gasteiger partial charge is 0.123 e. The fourth-order valence-corrected chi connectivity index (χ4v) is 2.18. The third kappa shape index (κ3) is 4.80. The normalized spacial score (nSPS) is 13.3. The van der Waals surface area contributed by atoms with Crippen molar-refractivity contribution in [2.45, 2.75) is 46.0 Å². The van der Waals surface area contributed by atoms with Crippen LogP contribution in [0.2, 0.25) is 0 Å². The van der Waals surface area contributed by atoms with E-state index in [1.807, 2.05) is 0 Å². The third-order valence-corrected chi connectivity index (χ3v) is 3.43. The highest BCUT2D eigenvalue weighted by atomic mass is 16.5. The van der Waals surface area contributed by atoms with E-state index in [4.69, 9.17) is 10.5 Å². The molecule has 0 aliphatic heterocycles. The van der Waals surface area contributed by atoms with Gasteiger partial charge in [-0.3, -0.25) is 0 Å². The first-order valence-electron chi connectivity index (χ1n) is 7.49. The van der Waals surface area contributed by atoms with Crippen LogP contribution in [0.25, 0.3) is 0 Å². The van der Waals surface area contributed by atoms with Crippen molar-refractivity contribution in [1.82, 2.24) is 0 Å². The van der Waals surface area contributed by atoms with Gasteiger partial charge in [-0.2, -0.15) is 0 Å². The summed E-state index contributed by atoms with van der Waals surface area (Å²) in [7, 11) is 0. The van der Waals surface area contributed by atoms with Crippen molar-refractivity contribution in [3.8, 4) is 5.75 Å². The Bertz CT molecular complexity index is 406. The van der Waals surface area contributed by atoms with Gasteiger partial charge in [-0.25, -0.2) is 0 Å². The largest absolute Gasteiger partial charge is 0.493 e. The number of aliphatic hydroxyl groups excluding tert-OH is 1. The summed E-state index contributed by atoms with van der Waals surface area (Å²) in [5.74, 6) is 1.10. The first-order valence-corrected chi connectivity index (χ1v) is 7.49. The number of hydrogen-bond acceptors (Lipinski definition) is 3. The Morgan fingerprint density at radius 1 is 1.30 bits per heavy atom. The zero-order valence-electron chi connectivity index (χ0n) is 13.3. The Hall–Kier alpha value is -1.06. The van der Waals surface area contributed by atoms with Crippen LogP contribution in [0, 0.1) is 5.92 Å². The molecule has 1 aromatic rings. The van der Waals surface area contributed by atoms with Crippen LogP contribution in [-0.2, 0) is 11.8 Å². The first kappa shape index (κ1) is 17.0. The summed E-state index contributed by atoms with van der Waals surface area (Å²) in [6.45, 7) is 10.1. The van der Waals surface area contributed by atoms with Crippen molar-refractivity contribution in [3.05, 3.63) is 29.3 Å². The van der Waals surface area contributed by atoms with E-state index in [-0.39, 0.29) is 17.9 Å². The van der Waals surface area contributed by atoms with Crippen LogP contribution in [0.1, 0.15) is 45.2 Å². The van der Waals surface area contributed by atoms with E-state index in [0.717, 1.165) is 25.2 Å². The monoisotopic (exact) mass is 279 g/mol. The van der Waals surface area contributed by atoms with Gasteiger partial charge in [0.15, 0.2) is 0 Å². The predicted molar refractivity (Wildman–Crippen MR) is 84.3 cm³/mol. The fraction of sp³-hybridized carbons (Fsp3) is 0.647. The van der Waals surface area contributed by atoms with E-state index in [2.05, 4.69) is 45.9 Å². The van der Waals surface area contributed by atoms with Crippen LogP contribution in [-0.4, -0.2) is 24.9 Å². The molecule has 1 atom stereocenters. The van der Waals surface area contributed by atoms with E-state index >= 15 is 0 Å². The Kier molecular flexibility index (Phi) is 6.50. The molecule has 3 N–H and O–H groups in total. The Labute approximate surface area is 123 Å². The van der Waals surface area contributed by atoms with Gasteiger partial charge >= 0.3 is 0 Å². The maximum absolute atomic E-state index is 9.28. The molecule has 0 radical (unpaired) electrons. The zero-order chi connectivity index (χ0) is 15.2. The van der Waals surface area contributed by atoms with Gasteiger partial charge in [0.25, 0.3) is 0 Å². The summed E-state index contributed by atoms with van der Waals surface area (Å²) < 4.78 is 5.85. The summed E-state index contributed by atoms with van der Waals surface area (Å²) in [6, 6.07) is 6.33. The van der Waals surface area contributed by atoms with E-state index in [1.54, 1.807) is 0 Å². The Balaban J connectivity index is 3.01. The highest BCUT2D eigenvalue weighted by Gasteiger charge is 2.20. The van der Waals surface area contributed by atoms with Crippen LogP contribution < -0.4 is 10.5 Å². The maximum Gasteiger partial charge on any atom is 0.123 e. The van der Waals surface area contributed by atoms with Gasteiger partial charge in [-0.15, -0.1) is 0 Å². The van der Waals surface area contributed by atoms with Crippen molar-refractivity contribution >= 4 is 0 Å². The molecular formula is C17H29NO2. The summed E-state index contributed by atoms with van der Waals surface area (Å²) in [5.41, 5.74) is 8.14. The number of benzene rings is 1. The Morgan fingerprint density at radius 2 is 2.00 bits per heavy atom. The second-order valence-electron chi connectivity index (χ2n) is 6.42. The van der Waals surface area contributed by atoms with E-state index < -0.39 is 0 Å². The second kappa shape index (κ2) is 7.65. The molecule has 1 unspecified atom stereocenters. The lowest BCUT2D eigenvalue weighted by Crippen LogP contribution is -2.21. The number of aliphatic hydroxyl groups is 1. The van der Waals surface area contributed by atoms with E-state index in [9.17, 15) is 5.11 Å².